The van der Waals surface area contributed by atoms with Gasteiger partial charge in [-0.25, -0.2) is 0 Å². The van der Waals surface area contributed by atoms with Crippen LogP contribution in [0.25, 0.3) is 0 Å². The highest BCUT2D eigenvalue weighted by Gasteiger charge is 2.03. The number of anilines is 1. The first-order valence-electron chi connectivity index (χ1n) is 4.82. The van der Waals surface area contributed by atoms with Gasteiger partial charge in [0.2, 0.25) is 0 Å². The Balaban J connectivity index is 2.64. The van der Waals surface area contributed by atoms with Gasteiger partial charge < -0.3 is 0 Å². The molecule has 5 heteroatoms. The van der Waals surface area contributed by atoms with Gasteiger partial charge in [-0.2, -0.15) is 8.42 Å². The number of hydrogen-bond donors (Lipinski definition) is 1. The molecule has 0 atom stereocenters. The van der Waals surface area contributed by atoms with Crippen molar-refractivity contribution in [2.24, 2.45) is 0 Å². The molecule has 1 N–H and O–H groups in total. The molecule has 0 fully saturated rings. The molecule has 0 bridgehead atoms. The Labute approximate surface area is 95.0 Å². The van der Waals surface area contributed by atoms with Crippen molar-refractivity contribution >= 4 is 25.6 Å². The van der Waals surface area contributed by atoms with E-state index in [0.717, 1.165) is 19.3 Å². The Bertz CT molecular complexity index is 400. The second-order valence-corrected chi connectivity index (χ2v) is 5.64. The van der Waals surface area contributed by atoms with Crippen LogP contribution in [0.15, 0.2) is 24.3 Å². The molecule has 3 nitrogen and oxygen atoms in total. The fraction of sp³-hybridized carbons (Fsp3) is 0.400. The summed E-state index contributed by atoms with van der Waals surface area (Å²) in [6.45, 7) is 2.13. The van der Waals surface area contributed by atoms with Crippen molar-refractivity contribution in [1.29, 1.82) is 0 Å². The Hall–Kier alpha value is -0.740. The molecule has 0 radical (unpaired) electrons. The number of nitrogens with one attached hydrogen (secondary N) is 1. The lowest BCUT2D eigenvalue weighted by atomic mass is 10.1. The van der Waals surface area contributed by atoms with Crippen molar-refractivity contribution in [2.45, 2.75) is 26.2 Å². The maximum Gasteiger partial charge on any atom is 0.319 e. The Morgan fingerprint density at radius 1 is 1.27 bits per heavy atom. The highest BCUT2D eigenvalue weighted by molar-refractivity contribution is 8.14. The van der Waals surface area contributed by atoms with Gasteiger partial charge in [0, 0.05) is 16.4 Å². The summed E-state index contributed by atoms with van der Waals surface area (Å²) in [5.41, 5.74) is 1.69. The van der Waals surface area contributed by atoms with E-state index in [1.165, 1.54) is 5.56 Å². The second kappa shape index (κ2) is 5.37. The van der Waals surface area contributed by atoms with Crippen molar-refractivity contribution in [3.63, 3.8) is 0 Å². The molecule has 0 aliphatic rings. The summed E-state index contributed by atoms with van der Waals surface area (Å²) in [5.74, 6) is 0. The maximum atomic E-state index is 10.7. The fourth-order valence-corrected chi connectivity index (χ4v) is 1.95. The quantitative estimate of drug-likeness (QED) is 0.814. The smallest absolute Gasteiger partial charge is 0.271 e. The minimum Gasteiger partial charge on any atom is -0.271 e. The van der Waals surface area contributed by atoms with Gasteiger partial charge in [-0.05, 0) is 30.5 Å². The van der Waals surface area contributed by atoms with Gasteiger partial charge in [-0.3, -0.25) is 4.72 Å². The number of halogens is 1. The van der Waals surface area contributed by atoms with Gasteiger partial charge in [-0.15, -0.1) is 0 Å². The SMILES string of the molecule is CCCCc1ccc(NS(=O)(=O)Cl)cc1. The van der Waals surface area contributed by atoms with E-state index in [1.54, 1.807) is 12.1 Å². The van der Waals surface area contributed by atoms with E-state index in [0.29, 0.717) is 5.69 Å². The zero-order valence-corrected chi connectivity index (χ0v) is 10.1. The molecular weight excluding hydrogens is 234 g/mol. The van der Waals surface area contributed by atoms with Crippen LogP contribution in [-0.2, 0) is 15.7 Å². The minimum absolute atomic E-state index is 0.491. The molecule has 1 aromatic carbocycles. The lowest BCUT2D eigenvalue weighted by molar-refractivity contribution is 0.614. The summed E-state index contributed by atoms with van der Waals surface area (Å²) in [6.07, 6.45) is 3.31. The summed E-state index contributed by atoms with van der Waals surface area (Å²) in [4.78, 5) is 0. The molecule has 0 saturated heterocycles. The third-order valence-electron chi connectivity index (χ3n) is 2.01. The van der Waals surface area contributed by atoms with E-state index in [9.17, 15) is 8.42 Å². The third kappa shape index (κ3) is 5.04. The highest BCUT2D eigenvalue weighted by atomic mass is 35.7. The number of hydrogen-bond acceptors (Lipinski definition) is 2. The van der Waals surface area contributed by atoms with Crippen LogP contribution in [-0.4, -0.2) is 8.42 Å². The first kappa shape index (κ1) is 12.3. The second-order valence-electron chi connectivity index (χ2n) is 3.34. The molecule has 0 unspecified atom stereocenters. The van der Waals surface area contributed by atoms with Gasteiger partial charge >= 0.3 is 9.24 Å². The van der Waals surface area contributed by atoms with E-state index >= 15 is 0 Å². The molecule has 0 aromatic heterocycles. The van der Waals surface area contributed by atoms with Crippen LogP contribution in [0.1, 0.15) is 25.3 Å². The molecule has 1 aromatic rings. The summed E-state index contributed by atoms with van der Waals surface area (Å²) in [6, 6.07) is 7.23. The zero-order valence-electron chi connectivity index (χ0n) is 8.53. The molecule has 0 aliphatic heterocycles. The predicted octanol–water partition coefficient (Wildman–Crippen LogP) is 2.92. The van der Waals surface area contributed by atoms with E-state index in [-0.39, 0.29) is 0 Å². The summed E-state index contributed by atoms with van der Waals surface area (Å²) in [5, 5.41) is 0. The van der Waals surface area contributed by atoms with Crippen molar-refractivity contribution in [1.82, 2.24) is 0 Å². The zero-order chi connectivity index (χ0) is 11.3. The standard InChI is InChI=1S/C10H14ClNO2S/c1-2-3-4-9-5-7-10(8-6-9)12-15(11,13)14/h5-8,12H,2-4H2,1H3. The van der Waals surface area contributed by atoms with Gasteiger partial charge in [0.1, 0.15) is 0 Å². The van der Waals surface area contributed by atoms with Crippen molar-refractivity contribution in [3.8, 4) is 0 Å². The molecule has 0 spiro atoms. The first-order valence-corrected chi connectivity index (χ1v) is 7.13. The van der Waals surface area contributed by atoms with Crippen LogP contribution in [0.3, 0.4) is 0 Å². The molecule has 1 rings (SSSR count). The summed E-state index contributed by atoms with van der Waals surface area (Å²) >= 11 is 0. The van der Waals surface area contributed by atoms with Crippen molar-refractivity contribution in [3.05, 3.63) is 29.8 Å². The lowest BCUT2D eigenvalue weighted by Gasteiger charge is -2.03. The van der Waals surface area contributed by atoms with E-state index in [1.807, 2.05) is 12.1 Å². The Morgan fingerprint density at radius 2 is 1.87 bits per heavy atom. The largest absolute Gasteiger partial charge is 0.319 e. The van der Waals surface area contributed by atoms with Crippen LogP contribution in [0.2, 0.25) is 0 Å². The van der Waals surface area contributed by atoms with Crippen LogP contribution in [0, 0.1) is 0 Å². The highest BCUT2D eigenvalue weighted by Crippen LogP contribution is 2.14. The molecule has 0 heterocycles. The monoisotopic (exact) mass is 247 g/mol. The van der Waals surface area contributed by atoms with Crippen LogP contribution < -0.4 is 4.72 Å². The van der Waals surface area contributed by atoms with Gasteiger partial charge in [0.15, 0.2) is 0 Å². The topological polar surface area (TPSA) is 46.2 Å². The minimum atomic E-state index is -3.68. The normalized spacial score (nSPS) is 11.3. The van der Waals surface area contributed by atoms with Gasteiger partial charge in [-0.1, -0.05) is 25.5 Å². The van der Waals surface area contributed by atoms with Gasteiger partial charge in [0.25, 0.3) is 0 Å². The van der Waals surface area contributed by atoms with Crippen molar-refractivity contribution in [2.75, 3.05) is 4.72 Å². The average molecular weight is 248 g/mol. The molecule has 0 saturated carbocycles. The van der Waals surface area contributed by atoms with Crippen LogP contribution in [0.4, 0.5) is 5.69 Å². The lowest BCUT2D eigenvalue weighted by Crippen LogP contribution is -2.03. The number of aryl methyl sites for hydroxylation is 1. The van der Waals surface area contributed by atoms with E-state index in [4.69, 9.17) is 10.7 Å². The van der Waals surface area contributed by atoms with Crippen molar-refractivity contribution < 1.29 is 8.42 Å². The molecule has 0 aliphatic carbocycles. The Kier molecular flexibility index (Phi) is 4.42. The van der Waals surface area contributed by atoms with Gasteiger partial charge in [0.05, 0.1) is 0 Å². The summed E-state index contributed by atoms with van der Waals surface area (Å²) < 4.78 is 23.6. The molecular formula is C10H14ClNO2S. The molecule has 15 heavy (non-hydrogen) atoms. The average Bonchev–Trinajstić information content (AvgIpc) is 2.14. The Morgan fingerprint density at radius 3 is 2.33 bits per heavy atom. The number of unbranched alkanes of at least 4 members (excludes halogenated alkanes) is 1. The van der Waals surface area contributed by atoms with E-state index < -0.39 is 9.24 Å². The maximum absolute atomic E-state index is 10.7. The number of rotatable bonds is 5. The third-order valence-corrected chi connectivity index (χ3v) is 2.72. The van der Waals surface area contributed by atoms with E-state index in [2.05, 4.69) is 11.6 Å². The first-order chi connectivity index (χ1) is 7.01. The molecule has 84 valence electrons. The van der Waals surface area contributed by atoms with Crippen LogP contribution in [0.5, 0.6) is 0 Å². The van der Waals surface area contributed by atoms with Crippen LogP contribution >= 0.6 is 10.7 Å². The fourth-order valence-electron chi connectivity index (χ4n) is 1.26. The predicted molar refractivity (Wildman–Crippen MR) is 63.4 cm³/mol. The summed E-state index contributed by atoms with van der Waals surface area (Å²) in [7, 11) is 1.37. The molecule has 0 amide bonds. The number of benzene rings is 1.